The molecule has 0 bridgehead atoms. The molecule has 1 rings (SSSR count). The third-order valence-corrected chi connectivity index (χ3v) is 12.9. The van der Waals surface area contributed by atoms with Gasteiger partial charge >= 0.3 is 5.97 Å². The summed E-state index contributed by atoms with van der Waals surface area (Å²) < 4.78 is 5.68. The highest BCUT2D eigenvalue weighted by Crippen LogP contribution is 2.41. The second kappa shape index (κ2) is 12.5. The van der Waals surface area contributed by atoms with Gasteiger partial charge in [0.25, 0.3) is 0 Å². The first-order valence-electron chi connectivity index (χ1n) is 13.1. The van der Waals surface area contributed by atoms with E-state index in [1.54, 1.807) is 13.0 Å². The van der Waals surface area contributed by atoms with E-state index in [-0.39, 0.29) is 16.2 Å². The Morgan fingerprint density at radius 3 is 2.28 bits per heavy atom. The van der Waals surface area contributed by atoms with E-state index in [4.69, 9.17) is 4.74 Å². The van der Waals surface area contributed by atoms with Crippen molar-refractivity contribution in [3.8, 4) is 0 Å². The first-order chi connectivity index (χ1) is 16.3. The number of allylic oxidation sites excluding steroid dienone is 7. The smallest absolute Gasteiger partial charge is 0.331 e. The van der Waals surface area contributed by atoms with Gasteiger partial charge in [0.05, 0.1) is 8.07 Å². The molecule has 3 atom stereocenters. The topological polar surface area (TPSA) is 63.6 Å². The summed E-state index contributed by atoms with van der Waals surface area (Å²) in [5, 5.41) is 11.5. The van der Waals surface area contributed by atoms with Gasteiger partial charge < -0.3 is 9.84 Å². The van der Waals surface area contributed by atoms with E-state index in [9.17, 15) is 14.7 Å². The second-order valence-electron chi connectivity index (χ2n) is 13.1. The van der Waals surface area contributed by atoms with Gasteiger partial charge in [-0.05, 0) is 94.2 Å². The molecule has 36 heavy (non-hydrogen) atoms. The number of aliphatic hydroxyl groups is 1. The highest BCUT2D eigenvalue weighted by molar-refractivity contribution is 6.81. The zero-order chi connectivity index (χ0) is 27.9. The Morgan fingerprint density at radius 1 is 1.14 bits per heavy atom. The lowest BCUT2D eigenvalue weighted by molar-refractivity contribution is -0.148. The summed E-state index contributed by atoms with van der Waals surface area (Å²) in [4.78, 5) is 25.9. The quantitative estimate of drug-likeness (QED) is 0.162. The van der Waals surface area contributed by atoms with E-state index < -0.39 is 25.7 Å². The number of esters is 1. The number of carbonyl (C=O) groups is 2. The van der Waals surface area contributed by atoms with Crippen LogP contribution in [0.2, 0.25) is 24.2 Å². The summed E-state index contributed by atoms with van der Waals surface area (Å²) in [6, 6.07) is 0.772. The summed E-state index contributed by atoms with van der Waals surface area (Å²) >= 11 is 0. The predicted octanol–water partition coefficient (Wildman–Crippen LogP) is 7.89. The second-order valence-corrected chi connectivity index (χ2v) is 18.7. The highest BCUT2D eigenvalue weighted by atomic mass is 28.3. The van der Waals surface area contributed by atoms with Crippen LogP contribution in [0.3, 0.4) is 0 Å². The third-order valence-electron chi connectivity index (χ3n) is 7.53. The van der Waals surface area contributed by atoms with Crippen molar-refractivity contribution >= 4 is 19.8 Å². The first kappa shape index (κ1) is 32.0. The van der Waals surface area contributed by atoms with Gasteiger partial charge in [-0.3, -0.25) is 4.79 Å². The Labute approximate surface area is 221 Å². The summed E-state index contributed by atoms with van der Waals surface area (Å²) in [6.45, 7) is 23.0. The van der Waals surface area contributed by atoms with Gasteiger partial charge in [-0.2, -0.15) is 0 Å². The molecule has 0 aromatic carbocycles. The lowest BCUT2D eigenvalue weighted by Crippen LogP contribution is -2.40. The minimum atomic E-state index is -1.78. The van der Waals surface area contributed by atoms with Crippen LogP contribution in [0.5, 0.6) is 0 Å². The summed E-state index contributed by atoms with van der Waals surface area (Å²) in [6.07, 6.45) is 14.1. The van der Waals surface area contributed by atoms with Crippen LogP contribution in [0.1, 0.15) is 81.6 Å². The van der Waals surface area contributed by atoms with Crippen molar-refractivity contribution in [2.45, 2.75) is 117 Å². The van der Waals surface area contributed by atoms with Crippen LogP contribution < -0.4 is 0 Å². The van der Waals surface area contributed by atoms with Crippen molar-refractivity contribution in [2.75, 3.05) is 0 Å². The molecule has 1 N–H and O–H groups in total. The SMILES string of the molecule is CC(C)=CCC[C@]1(C)/C=C/[C@@H](OC(=O)C=C(C)C)[C@](C)(O)/C=C/C(=O)/C(C[Si](C)(C)C(C)(C)C)=C\C1. The maximum Gasteiger partial charge on any atom is 0.331 e. The minimum Gasteiger partial charge on any atom is -0.452 e. The van der Waals surface area contributed by atoms with Crippen molar-refractivity contribution in [2.24, 2.45) is 5.41 Å². The molecule has 1 aliphatic carbocycles. The average Bonchev–Trinajstić information content (AvgIpc) is 2.71. The molecule has 0 unspecified atom stereocenters. The van der Waals surface area contributed by atoms with Gasteiger partial charge in [0.1, 0.15) is 5.60 Å². The molecule has 0 aromatic heterocycles. The van der Waals surface area contributed by atoms with Crippen molar-refractivity contribution in [1.29, 1.82) is 0 Å². The van der Waals surface area contributed by atoms with Crippen LogP contribution in [0, 0.1) is 5.41 Å². The third kappa shape index (κ3) is 10.2. The van der Waals surface area contributed by atoms with Crippen molar-refractivity contribution in [1.82, 2.24) is 0 Å². The molecule has 0 spiro atoms. The van der Waals surface area contributed by atoms with Crippen LogP contribution in [-0.4, -0.2) is 36.6 Å². The molecule has 0 fully saturated rings. The molecule has 1 aliphatic rings. The van der Waals surface area contributed by atoms with Crippen LogP contribution >= 0.6 is 0 Å². The van der Waals surface area contributed by atoms with Crippen molar-refractivity contribution in [3.05, 3.63) is 59.3 Å². The summed E-state index contributed by atoms with van der Waals surface area (Å²) in [5.41, 5.74) is 1.09. The van der Waals surface area contributed by atoms with Gasteiger partial charge in [0.15, 0.2) is 11.9 Å². The van der Waals surface area contributed by atoms with Gasteiger partial charge in [0.2, 0.25) is 0 Å². The lowest BCUT2D eigenvalue weighted by atomic mass is 9.80. The number of hydrogen-bond donors (Lipinski definition) is 1. The molecular formula is C31H50O4Si. The van der Waals surface area contributed by atoms with E-state index in [2.05, 4.69) is 72.9 Å². The van der Waals surface area contributed by atoms with E-state index >= 15 is 0 Å². The molecule has 0 aromatic rings. The Kier molecular flexibility index (Phi) is 11.1. The van der Waals surface area contributed by atoms with Crippen molar-refractivity contribution in [3.63, 3.8) is 0 Å². The molecule has 0 amide bonds. The Hall–Kier alpha value is -1.98. The van der Waals surface area contributed by atoms with Gasteiger partial charge in [-0.15, -0.1) is 0 Å². The van der Waals surface area contributed by atoms with Gasteiger partial charge in [0, 0.05) is 6.08 Å². The number of ketones is 1. The van der Waals surface area contributed by atoms with Gasteiger partial charge in [-0.25, -0.2) is 4.79 Å². The fraction of sp³-hybridized carbons (Fsp3) is 0.613. The fourth-order valence-electron chi connectivity index (χ4n) is 3.82. The monoisotopic (exact) mass is 514 g/mol. The van der Waals surface area contributed by atoms with Gasteiger partial charge in [-0.1, -0.05) is 70.2 Å². The number of hydrogen-bond acceptors (Lipinski definition) is 4. The predicted molar refractivity (Wildman–Crippen MR) is 155 cm³/mol. The molecule has 4 nitrogen and oxygen atoms in total. The van der Waals surface area contributed by atoms with Crippen molar-refractivity contribution < 1.29 is 19.4 Å². The van der Waals surface area contributed by atoms with Crippen LogP contribution in [-0.2, 0) is 14.3 Å². The largest absolute Gasteiger partial charge is 0.452 e. The standard InChI is InChI=1S/C31H50O4Si/c1-23(2)13-12-17-30(8)18-14-25(22-36(10,11)29(5,6)7)26(32)15-20-31(9,34)27(16-19-30)35-28(33)21-24(3)4/h13-16,19-21,27,34H,12,17-18,22H2,1-11H3/b19-16+,20-15+,25-14-/t27-,30+,31-/m1/s1. The van der Waals surface area contributed by atoms with E-state index in [0.29, 0.717) is 6.42 Å². The normalized spacial score (nSPS) is 28.7. The maximum absolute atomic E-state index is 13.4. The molecule has 0 saturated carbocycles. The zero-order valence-electron chi connectivity index (χ0n) is 24.6. The number of carbonyl (C=O) groups excluding carboxylic acids is 2. The first-order valence-corrected chi connectivity index (χ1v) is 16.3. The Balaban J connectivity index is 3.56. The molecule has 0 aliphatic heterocycles. The van der Waals surface area contributed by atoms with Crippen LogP contribution in [0.15, 0.2) is 59.3 Å². The lowest BCUT2D eigenvalue weighted by Gasteiger charge is -2.37. The maximum atomic E-state index is 13.4. The van der Waals surface area contributed by atoms with E-state index in [1.807, 2.05) is 13.8 Å². The minimum absolute atomic E-state index is 0.0805. The molecular weight excluding hydrogens is 464 g/mol. The average molecular weight is 515 g/mol. The Morgan fingerprint density at radius 2 is 1.75 bits per heavy atom. The summed E-state index contributed by atoms with van der Waals surface area (Å²) in [7, 11) is -1.78. The van der Waals surface area contributed by atoms with Crippen LogP contribution in [0.4, 0.5) is 0 Å². The molecule has 0 heterocycles. The number of rotatable bonds is 7. The molecule has 5 heteroatoms. The van der Waals surface area contributed by atoms with E-state index in [0.717, 1.165) is 30.0 Å². The Bertz CT molecular complexity index is 946. The van der Waals surface area contributed by atoms with Crippen LogP contribution in [0.25, 0.3) is 0 Å². The summed E-state index contributed by atoms with van der Waals surface area (Å²) in [5.74, 6) is -0.592. The van der Waals surface area contributed by atoms with E-state index in [1.165, 1.54) is 23.8 Å². The molecule has 0 saturated heterocycles. The molecule has 202 valence electrons. The molecule has 0 radical (unpaired) electrons. The number of ether oxygens (including phenoxy) is 1. The zero-order valence-corrected chi connectivity index (χ0v) is 25.6. The fourth-order valence-corrected chi connectivity index (χ4v) is 5.62. The highest BCUT2D eigenvalue weighted by Gasteiger charge is 2.37.